The average molecular weight is 483 g/mol. The first-order chi connectivity index (χ1) is 16.2. The van der Waals surface area contributed by atoms with Gasteiger partial charge in [-0.2, -0.15) is 10.2 Å². The zero-order valence-electron chi connectivity index (χ0n) is 18.3. The van der Waals surface area contributed by atoms with Gasteiger partial charge >= 0.3 is 5.69 Å². The van der Waals surface area contributed by atoms with E-state index in [1.54, 1.807) is 55.1 Å². The van der Waals surface area contributed by atoms with Crippen LogP contribution >= 0.6 is 11.6 Å². The van der Waals surface area contributed by atoms with Crippen LogP contribution in [0.1, 0.15) is 32.9 Å². The number of nitrogens with one attached hydrogen (secondary N) is 1. The molecule has 4 aromatic rings. The summed E-state index contributed by atoms with van der Waals surface area (Å²) in [6.45, 7) is 3.62. The van der Waals surface area contributed by atoms with Gasteiger partial charge in [-0.05, 0) is 43.7 Å². The van der Waals surface area contributed by atoms with Crippen molar-refractivity contribution in [3.05, 3.63) is 104 Å². The molecule has 2 heterocycles. The van der Waals surface area contributed by atoms with Gasteiger partial charge in [0.15, 0.2) is 5.82 Å². The molecule has 0 bridgehead atoms. The fraction of sp³-hybridized carbons (Fsp3) is 0.174. The first-order valence-electron chi connectivity index (χ1n) is 10.3. The van der Waals surface area contributed by atoms with Crippen molar-refractivity contribution in [2.45, 2.75) is 26.9 Å². The van der Waals surface area contributed by atoms with Gasteiger partial charge in [-0.3, -0.25) is 24.3 Å². The summed E-state index contributed by atoms with van der Waals surface area (Å²) in [5, 5.41) is 22.8. The number of halogens is 2. The molecule has 1 N–H and O–H groups in total. The number of amides is 1. The van der Waals surface area contributed by atoms with E-state index >= 15 is 0 Å². The predicted molar refractivity (Wildman–Crippen MR) is 125 cm³/mol. The number of aryl methyl sites for hydroxylation is 1. The number of hydrogen-bond acceptors (Lipinski definition) is 5. The highest BCUT2D eigenvalue weighted by Crippen LogP contribution is 2.23. The number of hydrogen-bond donors (Lipinski definition) is 1. The quantitative estimate of drug-likeness (QED) is 0.302. The minimum atomic E-state index is -0.447. The molecule has 9 nitrogen and oxygen atoms in total. The molecule has 0 aliphatic rings. The number of nitro groups is 1. The summed E-state index contributed by atoms with van der Waals surface area (Å²) in [6.07, 6.45) is 1.62. The van der Waals surface area contributed by atoms with Gasteiger partial charge in [0.25, 0.3) is 5.91 Å². The number of carbonyl (C=O) groups is 1. The van der Waals surface area contributed by atoms with Gasteiger partial charge in [-0.1, -0.05) is 29.8 Å². The molecule has 0 radical (unpaired) electrons. The van der Waals surface area contributed by atoms with Gasteiger partial charge in [-0.25, -0.2) is 4.39 Å². The molecule has 0 unspecified atom stereocenters. The molecule has 0 spiro atoms. The smallest absolute Gasteiger partial charge is 0.305 e. The third kappa shape index (κ3) is 4.81. The minimum absolute atomic E-state index is 0.0128. The zero-order chi connectivity index (χ0) is 24.4. The van der Waals surface area contributed by atoms with Crippen LogP contribution in [-0.4, -0.2) is 30.4 Å². The SMILES string of the molecule is Cc1nn(Cc2cccc(C(=O)Nc3ccn(Cc4c(F)cccc4Cl)n3)c2)c(C)c1[N+](=O)[O-]. The van der Waals surface area contributed by atoms with Crippen molar-refractivity contribution >= 4 is 29.0 Å². The van der Waals surface area contributed by atoms with E-state index in [1.807, 2.05) is 6.07 Å². The lowest BCUT2D eigenvalue weighted by atomic mass is 10.1. The lowest BCUT2D eigenvalue weighted by Crippen LogP contribution is -2.14. The Morgan fingerprint density at radius 1 is 1.15 bits per heavy atom. The maximum Gasteiger partial charge on any atom is 0.312 e. The van der Waals surface area contributed by atoms with Gasteiger partial charge in [0.1, 0.15) is 17.2 Å². The lowest BCUT2D eigenvalue weighted by molar-refractivity contribution is -0.386. The van der Waals surface area contributed by atoms with Gasteiger partial charge in [0, 0.05) is 28.4 Å². The maximum atomic E-state index is 14.0. The second-order valence-corrected chi connectivity index (χ2v) is 8.09. The Hall–Kier alpha value is -4.05. The number of rotatable bonds is 7. The van der Waals surface area contributed by atoms with Crippen molar-refractivity contribution in [3.63, 3.8) is 0 Å². The van der Waals surface area contributed by atoms with E-state index in [9.17, 15) is 19.3 Å². The molecule has 34 heavy (non-hydrogen) atoms. The Bertz CT molecular complexity index is 1380. The fourth-order valence-corrected chi connectivity index (χ4v) is 3.86. The zero-order valence-corrected chi connectivity index (χ0v) is 19.1. The van der Waals surface area contributed by atoms with E-state index in [2.05, 4.69) is 15.5 Å². The Kier molecular flexibility index (Phi) is 6.42. The summed E-state index contributed by atoms with van der Waals surface area (Å²) in [5.41, 5.74) is 2.22. The number of nitrogens with zero attached hydrogens (tertiary/aromatic N) is 5. The first-order valence-corrected chi connectivity index (χ1v) is 10.7. The van der Waals surface area contributed by atoms with Gasteiger partial charge < -0.3 is 5.32 Å². The van der Waals surface area contributed by atoms with E-state index in [4.69, 9.17) is 11.6 Å². The Labute approximate surface area is 198 Å². The van der Waals surface area contributed by atoms with E-state index in [0.717, 1.165) is 5.56 Å². The minimum Gasteiger partial charge on any atom is -0.305 e. The van der Waals surface area contributed by atoms with Crippen molar-refractivity contribution in [1.29, 1.82) is 0 Å². The molecule has 4 rings (SSSR count). The molecule has 0 fully saturated rings. The molecule has 0 atom stereocenters. The molecule has 0 aliphatic heterocycles. The number of benzene rings is 2. The summed E-state index contributed by atoms with van der Waals surface area (Å²) < 4.78 is 17.0. The van der Waals surface area contributed by atoms with Crippen LogP contribution < -0.4 is 5.32 Å². The largest absolute Gasteiger partial charge is 0.312 e. The highest BCUT2D eigenvalue weighted by molar-refractivity contribution is 6.31. The van der Waals surface area contributed by atoms with Crippen LogP contribution in [-0.2, 0) is 13.1 Å². The van der Waals surface area contributed by atoms with Gasteiger partial charge in [-0.15, -0.1) is 0 Å². The lowest BCUT2D eigenvalue weighted by Gasteiger charge is -2.08. The molecule has 0 aliphatic carbocycles. The van der Waals surface area contributed by atoms with Crippen molar-refractivity contribution < 1.29 is 14.1 Å². The second-order valence-electron chi connectivity index (χ2n) is 7.69. The van der Waals surface area contributed by atoms with E-state index in [-0.39, 0.29) is 24.7 Å². The predicted octanol–water partition coefficient (Wildman–Crippen LogP) is 4.75. The Morgan fingerprint density at radius 3 is 2.62 bits per heavy atom. The van der Waals surface area contributed by atoms with Crippen molar-refractivity contribution in [2.24, 2.45) is 0 Å². The first kappa shape index (κ1) is 23.1. The summed E-state index contributed by atoms with van der Waals surface area (Å²) >= 11 is 6.07. The Morgan fingerprint density at radius 2 is 1.91 bits per heavy atom. The number of carbonyl (C=O) groups excluding carboxylic acids is 1. The van der Waals surface area contributed by atoms with Crippen molar-refractivity contribution in [3.8, 4) is 0 Å². The third-order valence-electron chi connectivity index (χ3n) is 5.31. The van der Waals surface area contributed by atoms with Gasteiger partial charge in [0.2, 0.25) is 0 Å². The fourth-order valence-electron chi connectivity index (χ4n) is 3.64. The van der Waals surface area contributed by atoms with Crippen LogP contribution in [0.4, 0.5) is 15.9 Å². The van der Waals surface area contributed by atoms with E-state index < -0.39 is 10.7 Å². The number of aromatic nitrogens is 4. The van der Waals surface area contributed by atoms with Crippen LogP contribution in [0, 0.1) is 29.8 Å². The highest BCUT2D eigenvalue weighted by Gasteiger charge is 2.22. The normalized spacial score (nSPS) is 10.9. The van der Waals surface area contributed by atoms with Crippen LogP contribution in [0.15, 0.2) is 54.7 Å². The topological polar surface area (TPSA) is 108 Å². The molecule has 1 amide bonds. The second kappa shape index (κ2) is 9.44. The monoisotopic (exact) mass is 482 g/mol. The average Bonchev–Trinajstić information content (AvgIpc) is 3.34. The molecular formula is C23H20ClFN6O3. The van der Waals surface area contributed by atoms with Crippen LogP contribution in [0.5, 0.6) is 0 Å². The molecule has 11 heteroatoms. The van der Waals surface area contributed by atoms with Gasteiger partial charge in [0.05, 0.1) is 18.0 Å². The standard InChI is InChI=1S/C23H20ClFN6O3/c1-14-22(31(33)34)15(2)30(27-14)12-16-5-3-6-17(11-16)23(32)26-21-9-10-29(28-21)13-18-19(24)7-4-8-20(18)25/h3-11H,12-13H2,1-2H3,(H,26,28,32). The van der Waals surface area contributed by atoms with Crippen LogP contribution in [0.2, 0.25) is 5.02 Å². The summed E-state index contributed by atoms with van der Waals surface area (Å²) in [6, 6.07) is 12.9. The summed E-state index contributed by atoms with van der Waals surface area (Å²) in [5.74, 6) is -0.509. The van der Waals surface area contributed by atoms with Crippen molar-refractivity contribution in [1.82, 2.24) is 19.6 Å². The van der Waals surface area contributed by atoms with Crippen LogP contribution in [0.3, 0.4) is 0 Å². The Balaban J connectivity index is 1.46. The van der Waals surface area contributed by atoms with E-state index in [0.29, 0.717) is 33.4 Å². The molecule has 2 aromatic carbocycles. The maximum absolute atomic E-state index is 14.0. The molecule has 174 valence electrons. The van der Waals surface area contributed by atoms with Crippen molar-refractivity contribution in [2.75, 3.05) is 5.32 Å². The molecule has 0 saturated heterocycles. The molecule has 2 aromatic heterocycles. The van der Waals surface area contributed by atoms with E-state index in [1.165, 1.54) is 16.8 Å². The third-order valence-corrected chi connectivity index (χ3v) is 5.67. The summed E-state index contributed by atoms with van der Waals surface area (Å²) in [4.78, 5) is 23.5. The summed E-state index contributed by atoms with van der Waals surface area (Å²) in [7, 11) is 0. The molecule has 0 saturated carbocycles. The molecular weight excluding hydrogens is 463 g/mol. The highest BCUT2D eigenvalue weighted by atomic mass is 35.5. The van der Waals surface area contributed by atoms with Crippen LogP contribution in [0.25, 0.3) is 0 Å². The number of anilines is 1.